The van der Waals surface area contributed by atoms with E-state index < -0.39 is 0 Å². The first-order valence-electron chi connectivity index (χ1n) is 5.34. The number of nitrogens with one attached hydrogen (secondary N) is 1. The number of nitrogens with zero attached hydrogens (tertiary/aromatic N) is 1. The molecule has 0 aliphatic rings. The van der Waals surface area contributed by atoms with E-state index in [1.807, 2.05) is 0 Å². The number of aromatic nitrogens is 1. The minimum absolute atomic E-state index is 0.0445. The molecule has 0 radical (unpaired) electrons. The summed E-state index contributed by atoms with van der Waals surface area (Å²) in [5, 5.41) is 6.30. The lowest BCUT2D eigenvalue weighted by atomic mass is 10.1. The van der Waals surface area contributed by atoms with Crippen LogP contribution in [0.15, 0.2) is 10.6 Å². The van der Waals surface area contributed by atoms with E-state index in [4.69, 9.17) is 16.1 Å². The summed E-state index contributed by atoms with van der Waals surface area (Å²) in [6.45, 7) is 6.38. The average Bonchev–Trinajstić information content (AvgIpc) is 2.60. The molecular weight excluding hydrogens is 228 g/mol. The van der Waals surface area contributed by atoms with Gasteiger partial charge >= 0.3 is 0 Å². The number of aryl methyl sites for hydroxylation is 1. The van der Waals surface area contributed by atoms with Crippen molar-refractivity contribution < 1.29 is 9.32 Å². The quantitative estimate of drug-likeness (QED) is 0.809. The van der Waals surface area contributed by atoms with Gasteiger partial charge in [-0.15, -0.1) is 11.6 Å². The van der Waals surface area contributed by atoms with Gasteiger partial charge in [0.2, 0.25) is 0 Å². The van der Waals surface area contributed by atoms with Crippen LogP contribution in [0, 0.1) is 12.8 Å². The molecule has 0 aliphatic heterocycles. The minimum atomic E-state index is -0.244. The largest absolute Gasteiger partial charge is 0.361 e. The third kappa shape index (κ3) is 4.23. The van der Waals surface area contributed by atoms with E-state index in [1.165, 1.54) is 0 Å². The van der Waals surface area contributed by atoms with E-state index in [0.717, 1.165) is 6.42 Å². The summed E-state index contributed by atoms with van der Waals surface area (Å²) in [4.78, 5) is 11.6. The van der Waals surface area contributed by atoms with Gasteiger partial charge in [-0.1, -0.05) is 19.0 Å². The van der Waals surface area contributed by atoms with Gasteiger partial charge in [0.1, 0.15) is 5.76 Å². The van der Waals surface area contributed by atoms with Crippen LogP contribution in [0.2, 0.25) is 0 Å². The van der Waals surface area contributed by atoms with Gasteiger partial charge in [-0.25, -0.2) is 0 Å². The molecule has 1 N–H and O–H groups in total. The van der Waals surface area contributed by atoms with Crippen molar-refractivity contribution in [2.24, 2.45) is 5.92 Å². The fourth-order valence-electron chi connectivity index (χ4n) is 1.36. The summed E-state index contributed by atoms with van der Waals surface area (Å²) in [7, 11) is 0. The molecule has 0 aliphatic carbocycles. The smallest absolute Gasteiger partial charge is 0.273 e. The maximum atomic E-state index is 11.6. The maximum absolute atomic E-state index is 11.6. The van der Waals surface area contributed by atoms with Crippen LogP contribution in [-0.4, -0.2) is 23.0 Å². The van der Waals surface area contributed by atoms with Crippen LogP contribution in [0.3, 0.4) is 0 Å². The van der Waals surface area contributed by atoms with Crippen LogP contribution < -0.4 is 5.32 Å². The summed E-state index contributed by atoms with van der Waals surface area (Å²) >= 11 is 6.05. The Labute approximate surface area is 100 Å². The lowest BCUT2D eigenvalue weighted by Gasteiger charge is -2.11. The normalized spacial score (nSPS) is 12.8. The molecule has 0 saturated carbocycles. The summed E-state index contributed by atoms with van der Waals surface area (Å²) in [6.07, 6.45) is 0.875. The molecule has 0 bridgehead atoms. The van der Waals surface area contributed by atoms with Crippen LogP contribution in [0.25, 0.3) is 0 Å². The minimum Gasteiger partial charge on any atom is -0.361 e. The zero-order valence-electron chi connectivity index (χ0n) is 9.79. The van der Waals surface area contributed by atoms with Gasteiger partial charge in [-0.3, -0.25) is 4.79 Å². The molecule has 1 heterocycles. The zero-order valence-corrected chi connectivity index (χ0v) is 10.5. The molecule has 0 aromatic carbocycles. The van der Waals surface area contributed by atoms with E-state index >= 15 is 0 Å². The third-order valence-electron chi connectivity index (χ3n) is 2.07. The number of alkyl halides is 1. The SMILES string of the molecule is Cc1cc(C(=O)NCC(Cl)CC(C)C)no1. The molecule has 1 unspecified atom stereocenters. The highest BCUT2D eigenvalue weighted by Gasteiger charge is 2.13. The van der Waals surface area contributed by atoms with Crippen LogP contribution in [0.1, 0.15) is 36.5 Å². The van der Waals surface area contributed by atoms with E-state index in [0.29, 0.717) is 23.9 Å². The maximum Gasteiger partial charge on any atom is 0.273 e. The first-order valence-corrected chi connectivity index (χ1v) is 5.78. The molecule has 16 heavy (non-hydrogen) atoms. The topological polar surface area (TPSA) is 55.1 Å². The monoisotopic (exact) mass is 244 g/mol. The molecule has 0 spiro atoms. The Morgan fingerprint density at radius 3 is 2.81 bits per heavy atom. The van der Waals surface area contributed by atoms with E-state index in [1.54, 1.807) is 13.0 Å². The average molecular weight is 245 g/mol. The molecule has 90 valence electrons. The summed E-state index contributed by atoms with van der Waals surface area (Å²) in [5.41, 5.74) is 0.297. The highest BCUT2D eigenvalue weighted by molar-refractivity contribution is 6.20. The van der Waals surface area contributed by atoms with Gasteiger partial charge in [-0.2, -0.15) is 0 Å². The molecule has 1 rings (SSSR count). The second-order valence-electron chi connectivity index (χ2n) is 4.26. The van der Waals surface area contributed by atoms with Gasteiger partial charge < -0.3 is 9.84 Å². The highest BCUT2D eigenvalue weighted by atomic mass is 35.5. The first kappa shape index (κ1) is 13.0. The number of halogens is 1. The Hall–Kier alpha value is -1.03. The second kappa shape index (κ2) is 5.89. The van der Waals surface area contributed by atoms with E-state index in [-0.39, 0.29) is 11.3 Å². The second-order valence-corrected chi connectivity index (χ2v) is 4.88. The first-order chi connectivity index (χ1) is 7.49. The van der Waals surface area contributed by atoms with E-state index in [2.05, 4.69) is 24.3 Å². The lowest BCUT2D eigenvalue weighted by molar-refractivity contribution is 0.0944. The van der Waals surface area contributed by atoms with Crippen molar-refractivity contribution in [3.8, 4) is 0 Å². The van der Waals surface area contributed by atoms with Gasteiger partial charge in [0.15, 0.2) is 5.69 Å². The predicted molar refractivity (Wildman–Crippen MR) is 62.7 cm³/mol. The number of carbonyl (C=O) groups excluding carboxylic acids is 1. The fourth-order valence-corrected chi connectivity index (χ4v) is 1.80. The zero-order chi connectivity index (χ0) is 12.1. The Bertz CT molecular complexity index is 350. The number of hydrogen-bond acceptors (Lipinski definition) is 3. The Kier molecular flexibility index (Phi) is 4.80. The summed E-state index contributed by atoms with van der Waals surface area (Å²) in [5.74, 6) is 0.898. The van der Waals surface area contributed by atoms with Crippen molar-refractivity contribution in [2.75, 3.05) is 6.54 Å². The van der Waals surface area contributed by atoms with Gasteiger partial charge in [-0.05, 0) is 19.3 Å². The molecule has 0 saturated heterocycles. The molecule has 1 atom stereocenters. The van der Waals surface area contributed by atoms with Gasteiger partial charge in [0.05, 0.1) is 5.38 Å². The molecule has 4 nitrogen and oxygen atoms in total. The van der Waals surface area contributed by atoms with Crippen LogP contribution in [0.4, 0.5) is 0 Å². The number of carbonyl (C=O) groups is 1. The molecule has 0 fully saturated rings. The number of hydrogen-bond donors (Lipinski definition) is 1. The molecule has 1 amide bonds. The van der Waals surface area contributed by atoms with Crippen molar-refractivity contribution in [2.45, 2.75) is 32.6 Å². The highest BCUT2D eigenvalue weighted by Crippen LogP contribution is 2.09. The van der Waals surface area contributed by atoms with Crippen molar-refractivity contribution in [1.82, 2.24) is 10.5 Å². The van der Waals surface area contributed by atoms with Crippen molar-refractivity contribution in [1.29, 1.82) is 0 Å². The van der Waals surface area contributed by atoms with Crippen LogP contribution >= 0.6 is 11.6 Å². The van der Waals surface area contributed by atoms with Crippen LogP contribution in [-0.2, 0) is 0 Å². The van der Waals surface area contributed by atoms with Crippen molar-refractivity contribution in [3.05, 3.63) is 17.5 Å². The number of rotatable bonds is 5. The standard InChI is InChI=1S/C11H17ClN2O2/c1-7(2)4-9(12)6-13-11(15)10-5-8(3)16-14-10/h5,7,9H,4,6H2,1-3H3,(H,13,15). The third-order valence-corrected chi connectivity index (χ3v) is 2.40. The lowest BCUT2D eigenvalue weighted by Crippen LogP contribution is -2.30. The van der Waals surface area contributed by atoms with E-state index in [9.17, 15) is 4.79 Å². The Morgan fingerprint density at radius 2 is 2.31 bits per heavy atom. The van der Waals surface area contributed by atoms with Gasteiger partial charge in [0.25, 0.3) is 5.91 Å². The fraction of sp³-hybridized carbons (Fsp3) is 0.636. The van der Waals surface area contributed by atoms with Crippen molar-refractivity contribution >= 4 is 17.5 Å². The molecule has 1 aromatic rings. The predicted octanol–water partition coefficient (Wildman–Crippen LogP) is 2.37. The number of amides is 1. The Morgan fingerprint density at radius 1 is 1.62 bits per heavy atom. The molecule has 5 heteroatoms. The Balaban J connectivity index is 2.35. The molecule has 1 aromatic heterocycles. The molecular formula is C11H17ClN2O2. The van der Waals surface area contributed by atoms with Crippen molar-refractivity contribution in [3.63, 3.8) is 0 Å². The summed E-state index contributed by atoms with van der Waals surface area (Å²) < 4.78 is 4.81. The van der Waals surface area contributed by atoms with Crippen LogP contribution in [0.5, 0.6) is 0 Å². The van der Waals surface area contributed by atoms with Gasteiger partial charge in [0, 0.05) is 12.6 Å². The summed E-state index contributed by atoms with van der Waals surface area (Å²) in [6, 6.07) is 1.60.